The predicted molar refractivity (Wildman–Crippen MR) is 68.7 cm³/mol. The number of rotatable bonds is 2. The molecule has 3 nitrogen and oxygen atoms in total. The van der Waals surface area contributed by atoms with E-state index >= 15 is 0 Å². The summed E-state index contributed by atoms with van der Waals surface area (Å²) in [7, 11) is 0. The number of thioether (sulfide) groups is 1. The maximum atomic E-state index is 12.0. The number of aromatic nitrogens is 2. The predicted octanol–water partition coefficient (Wildman–Crippen LogP) is 2.02. The lowest BCUT2D eigenvalue weighted by Gasteiger charge is -2.07. The highest BCUT2D eigenvalue weighted by atomic mass is 79.9. The molecule has 1 aliphatic heterocycles. The Labute approximate surface area is 107 Å². The van der Waals surface area contributed by atoms with Gasteiger partial charge in [-0.25, -0.2) is 4.98 Å². The Bertz CT molecular complexity index is 421. The fraction of sp³-hybridized carbons (Fsp3) is 0.556. The first-order valence-corrected chi connectivity index (χ1v) is 6.64. The largest absolute Gasteiger partial charge is 0.287 e. The summed E-state index contributed by atoms with van der Waals surface area (Å²) >= 11 is 5.02. The molecule has 0 spiro atoms. The van der Waals surface area contributed by atoms with Gasteiger partial charge < -0.3 is 0 Å². The van der Waals surface area contributed by atoms with Crippen LogP contribution in [0.4, 0.5) is 0 Å². The Hall–Kier alpha value is -0.000000000000000167. The molecular weight excluding hydrogens is 300 g/mol. The van der Waals surface area contributed by atoms with E-state index in [9.17, 15) is 4.79 Å². The molecule has 6 heteroatoms. The van der Waals surface area contributed by atoms with E-state index < -0.39 is 0 Å². The topological polar surface area (TPSA) is 34.9 Å². The first kappa shape index (κ1) is 13.1. The van der Waals surface area contributed by atoms with Gasteiger partial charge in [-0.3, -0.25) is 9.36 Å². The molecule has 0 radical (unpaired) electrons. The van der Waals surface area contributed by atoms with Crippen molar-refractivity contribution in [3.8, 4) is 0 Å². The third-order valence-corrected chi connectivity index (χ3v) is 3.68. The third-order valence-electron chi connectivity index (χ3n) is 2.32. The van der Waals surface area contributed by atoms with E-state index in [0.717, 1.165) is 40.5 Å². The number of hydrogen-bond acceptors (Lipinski definition) is 3. The number of halogens is 2. The Balaban J connectivity index is 0.00000112. The molecule has 0 bridgehead atoms. The quantitative estimate of drug-likeness (QED) is 0.619. The van der Waals surface area contributed by atoms with E-state index in [0.29, 0.717) is 0 Å². The molecule has 2 rings (SSSR count). The summed E-state index contributed by atoms with van der Waals surface area (Å²) in [4.78, 5) is 16.4. The SMILES string of the molecule is Cc1nc2n(c(=O)c1CCBr)CCS2.Cl. The van der Waals surface area contributed by atoms with Gasteiger partial charge in [0, 0.05) is 28.9 Å². The number of hydrogen-bond donors (Lipinski definition) is 0. The number of alkyl halides is 1. The summed E-state index contributed by atoms with van der Waals surface area (Å²) in [6, 6.07) is 0. The van der Waals surface area contributed by atoms with Gasteiger partial charge in [0.05, 0.1) is 0 Å². The maximum absolute atomic E-state index is 12.0. The van der Waals surface area contributed by atoms with E-state index in [1.807, 2.05) is 6.92 Å². The molecule has 1 aromatic heterocycles. The number of fused-ring (bicyclic) bond motifs is 1. The first-order valence-electron chi connectivity index (χ1n) is 4.53. The van der Waals surface area contributed by atoms with Crippen LogP contribution in [0.2, 0.25) is 0 Å². The van der Waals surface area contributed by atoms with Crippen LogP contribution in [-0.4, -0.2) is 20.6 Å². The van der Waals surface area contributed by atoms with Crippen molar-refractivity contribution in [2.45, 2.75) is 25.0 Å². The van der Waals surface area contributed by atoms with Crippen molar-refractivity contribution in [3.63, 3.8) is 0 Å². The highest BCUT2D eigenvalue weighted by molar-refractivity contribution is 9.09. The highest BCUT2D eigenvalue weighted by Crippen LogP contribution is 2.22. The Morgan fingerprint density at radius 3 is 3.00 bits per heavy atom. The highest BCUT2D eigenvalue weighted by Gasteiger charge is 2.17. The molecule has 1 aromatic rings. The second kappa shape index (κ2) is 5.37. The fourth-order valence-electron chi connectivity index (χ4n) is 1.59. The average molecular weight is 312 g/mol. The standard InChI is InChI=1S/C9H11BrN2OS.ClH/c1-6-7(2-3-10)8(13)12-4-5-14-9(12)11-6;/h2-5H2,1H3;1H. The molecule has 15 heavy (non-hydrogen) atoms. The van der Waals surface area contributed by atoms with Crippen molar-refractivity contribution in [1.29, 1.82) is 0 Å². The van der Waals surface area contributed by atoms with Crippen LogP contribution in [0.3, 0.4) is 0 Å². The summed E-state index contributed by atoms with van der Waals surface area (Å²) in [5.74, 6) is 0.972. The van der Waals surface area contributed by atoms with Gasteiger partial charge in [-0.2, -0.15) is 0 Å². The van der Waals surface area contributed by atoms with Crippen LogP contribution in [0.25, 0.3) is 0 Å². The van der Waals surface area contributed by atoms with Crippen LogP contribution >= 0.6 is 40.1 Å². The zero-order valence-electron chi connectivity index (χ0n) is 8.33. The summed E-state index contributed by atoms with van der Waals surface area (Å²) < 4.78 is 1.79. The molecule has 0 aliphatic carbocycles. The monoisotopic (exact) mass is 310 g/mol. The minimum atomic E-state index is 0. The summed E-state index contributed by atoms with van der Waals surface area (Å²) in [5.41, 5.74) is 1.89. The zero-order valence-corrected chi connectivity index (χ0v) is 11.5. The van der Waals surface area contributed by atoms with E-state index in [1.54, 1.807) is 16.3 Å². The van der Waals surface area contributed by atoms with Crippen LogP contribution in [0.5, 0.6) is 0 Å². The van der Waals surface area contributed by atoms with E-state index in [4.69, 9.17) is 0 Å². The molecule has 0 aromatic carbocycles. The van der Waals surface area contributed by atoms with Crippen molar-refractivity contribution < 1.29 is 0 Å². The van der Waals surface area contributed by atoms with E-state index in [-0.39, 0.29) is 18.0 Å². The average Bonchev–Trinajstić information content (AvgIpc) is 2.60. The molecule has 2 heterocycles. The second-order valence-electron chi connectivity index (χ2n) is 3.20. The molecule has 0 atom stereocenters. The minimum Gasteiger partial charge on any atom is -0.287 e. The summed E-state index contributed by atoms with van der Waals surface area (Å²) in [6.45, 7) is 2.72. The molecule has 0 amide bonds. The lowest BCUT2D eigenvalue weighted by atomic mass is 10.2. The van der Waals surface area contributed by atoms with Gasteiger partial charge in [-0.05, 0) is 13.3 Å². The van der Waals surface area contributed by atoms with Crippen molar-refractivity contribution in [2.75, 3.05) is 11.1 Å². The molecule has 0 saturated heterocycles. The van der Waals surface area contributed by atoms with Gasteiger partial charge >= 0.3 is 0 Å². The molecule has 84 valence electrons. The van der Waals surface area contributed by atoms with Gasteiger partial charge in [0.1, 0.15) is 0 Å². The fourth-order valence-corrected chi connectivity index (χ4v) is 2.98. The smallest absolute Gasteiger partial charge is 0.257 e. The Morgan fingerprint density at radius 1 is 1.60 bits per heavy atom. The summed E-state index contributed by atoms with van der Waals surface area (Å²) in [5, 5.41) is 1.70. The van der Waals surface area contributed by atoms with Crippen LogP contribution in [0, 0.1) is 6.92 Å². The lowest BCUT2D eigenvalue weighted by molar-refractivity contribution is 0.637. The molecule has 0 fully saturated rings. The zero-order chi connectivity index (χ0) is 10.1. The molecule has 0 saturated carbocycles. The van der Waals surface area contributed by atoms with Crippen molar-refractivity contribution >= 4 is 40.1 Å². The van der Waals surface area contributed by atoms with Crippen LogP contribution in [-0.2, 0) is 13.0 Å². The van der Waals surface area contributed by atoms with Gasteiger partial charge in [0.25, 0.3) is 5.56 Å². The summed E-state index contributed by atoms with van der Waals surface area (Å²) in [6.07, 6.45) is 0.766. The maximum Gasteiger partial charge on any atom is 0.257 e. The normalized spacial score (nSPS) is 13.5. The van der Waals surface area contributed by atoms with Gasteiger partial charge in [0.15, 0.2) is 5.16 Å². The van der Waals surface area contributed by atoms with E-state index in [2.05, 4.69) is 20.9 Å². The van der Waals surface area contributed by atoms with E-state index in [1.165, 1.54) is 0 Å². The molecule has 1 aliphatic rings. The van der Waals surface area contributed by atoms with Crippen LogP contribution < -0.4 is 5.56 Å². The van der Waals surface area contributed by atoms with Gasteiger partial charge in [0.2, 0.25) is 0 Å². The number of aryl methyl sites for hydroxylation is 1. The van der Waals surface area contributed by atoms with Crippen molar-refractivity contribution in [2.24, 2.45) is 0 Å². The van der Waals surface area contributed by atoms with Gasteiger partial charge in [-0.15, -0.1) is 12.4 Å². The van der Waals surface area contributed by atoms with Gasteiger partial charge in [-0.1, -0.05) is 27.7 Å². The van der Waals surface area contributed by atoms with Crippen LogP contribution in [0.15, 0.2) is 9.95 Å². The Kier molecular flexibility index (Phi) is 4.67. The first-order chi connectivity index (χ1) is 6.74. The van der Waals surface area contributed by atoms with Crippen molar-refractivity contribution in [3.05, 3.63) is 21.6 Å². The van der Waals surface area contributed by atoms with Crippen LogP contribution in [0.1, 0.15) is 11.3 Å². The van der Waals surface area contributed by atoms with Crippen molar-refractivity contribution in [1.82, 2.24) is 9.55 Å². The number of nitrogens with zero attached hydrogens (tertiary/aromatic N) is 2. The molecular formula is C9H12BrClN2OS. The molecule has 0 unspecified atom stereocenters. The third kappa shape index (κ3) is 2.40. The lowest BCUT2D eigenvalue weighted by Crippen LogP contribution is -2.25. The molecule has 0 N–H and O–H groups in total. The minimum absolute atomic E-state index is 0. The second-order valence-corrected chi connectivity index (χ2v) is 5.06. The Morgan fingerprint density at radius 2 is 2.33 bits per heavy atom.